The molecule has 3 aromatic rings. The predicted molar refractivity (Wildman–Crippen MR) is 130 cm³/mol. The monoisotopic (exact) mass is 489 g/mol. The van der Waals surface area contributed by atoms with E-state index in [1.165, 1.54) is 11.0 Å². The number of hydrogen-bond acceptors (Lipinski definition) is 5. The van der Waals surface area contributed by atoms with E-state index in [2.05, 4.69) is 10.6 Å². The van der Waals surface area contributed by atoms with Crippen LogP contribution < -0.4 is 25.0 Å². The molecule has 0 aromatic heterocycles. The number of anilines is 2. The van der Waals surface area contributed by atoms with Crippen LogP contribution in [0.5, 0.6) is 11.5 Å². The highest BCUT2D eigenvalue weighted by atomic mass is 19.1. The van der Waals surface area contributed by atoms with Crippen LogP contribution in [0.25, 0.3) is 0 Å². The molecule has 2 aliphatic rings. The minimum atomic E-state index is -0.633. The molecule has 2 N–H and O–H groups in total. The highest BCUT2D eigenvalue weighted by Gasteiger charge is 2.35. The van der Waals surface area contributed by atoms with Crippen LogP contribution in [0.15, 0.2) is 60.7 Å². The van der Waals surface area contributed by atoms with Crippen molar-refractivity contribution >= 4 is 29.1 Å². The van der Waals surface area contributed by atoms with Crippen molar-refractivity contribution < 1.29 is 28.2 Å². The maximum Gasteiger partial charge on any atom is 0.253 e. The summed E-state index contributed by atoms with van der Waals surface area (Å²) in [6.07, 6.45) is -0.000192. The van der Waals surface area contributed by atoms with Gasteiger partial charge in [0, 0.05) is 25.2 Å². The summed E-state index contributed by atoms with van der Waals surface area (Å²) in [6, 6.07) is 16.7. The third-order valence-corrected chi connectivity index (χ3v) is 6.28. The third kappa shape index (κ3) is 4.72. The molecule has 2 aliphatic heterocycles. The number of aryl methyl sites for hydroxylation is 1. The first kappa shape index (κ1) is 23.3. The Morgan fingerprint density at radius 2 is 1.86 bits per heavy atom. The fraction of sp³-hybridized carbons (Fsp3) is 0.222. The van der Waals surface area contributed by atoms with Gasteiger partial charge in [0.1, 0.15) is 5.82 Å². The Morgan fingerprint density at radius 1 is 1.06 bits per heavy atom. The van der Waals surface area contributed by atoms with Crippen LogP contribution in [0.4, 0.5) is 15.8 Å². The fourth-order valence-electron chi connectivity index (χ4n) is 4.24. The van der Waals surface area contributed by atoms with Crippen LogP contribution in [0.3, 0.4) is 0 Å². The van der Waals surface area contributed by atoms with E-state index >= 15 is 0 Å². The van der Waals surface area contributed by atoms with Crippen molar-refractivity contribution in [1.29, 1.82) is 0 Å². The lowest BCUT2D eigenvalue weighted by Crippen LogP contribution is -2.29. The van der Waals surface area contributed by atoms with Gasteiger partial charge in [-0.3, -0.25) is 14.4 Å². The summed E-state index contributed by atoms with van der Waals surface area (Å²) in [5.74, 6) is -0.747. The molecule has 2 heterocycles. The van der Waals surface area contributed by atoms with E-state index in [0.29, 0.717) is 34.0 Å². The van der Waals surface area contributed by atoms with E-state index in [0.717, 1.165) is 5.56 Å². The van der Waals surface area contributed by atoms with Crippen molar-refractivity contribution in [3.05, 3.63) is 83.2 Å². The Kier molecular flexibility index (Phi) is 6.28. The molecule has 9 heteroatoms. The second-order valence-electron chi connectivity index (χ2n) is 8.74. The molecule has 5 rings (SSSR count). The molecular formula is C27H24FN3O5. The lowest BCUT2D eigenvalue weighted by Gasteiger charge is -2.18. The lowest BCUT2D eigenvalue weighted by atomic mass is 10.1. The Balaban J connectivity index is 1.24. The molecule has 0 saturated carbocycles. The Morgan fingerprint density at radius 3 is 2.69 bits per heavy atom. The Labute approximate surface area is 207 Å². The highest BCUT2D eigenvalue weighted by Crippen LogP contribution is 2.32. The number of rotatable bonds is 6. The molecule has 0 spiro atoms. The molecule has 0 bridgehead atoms. The lowest BCUT2D eigenvalue weighted by molar-refractivity contribution is -0.122. The SMILES string of the molecule is Cc1ccc(N2C[C@H](C(=O)Nc3ccccc3C(=O)NCc3ccc4c(c3)OCO4)CC2=O)cc1F. The van der Waals surface area contributed by atoms with Crippen LogP contribution in [-0.2, 0) is 16.1 Å². The number of benzene rings is 3. The molecule has 0 radical (unpaired) electrons. The second-order valence-corrected chi connectivity index (χ2v) is 8.74. The van der Waals surface area contributed by atoms with Crippen molar-refractivity contribution in [1.82, 2.24) is 5.32 Å². The molecule has 1 fully saturated rings. The maximum atomic E-state index is 14.0. The molecular weight excluding hydrogens is 465 g/mol. The zero-order chi connectivity index (χ0) is 25.2. The average molecular weight is 490 g/mol. The molecule has 0 aliphatic carbocycles. The van der Waals surface area contributed by atoms with Crippen LogP contribution in [0, 0.1) is 18.7 Å². The van der Waals surface area contributed by atoms with Crippen LogP contribution in [-0.4, -0.2) is 31.1 Å². The molecule has 3 amide bonds. The quantitative estimate of drug-likeness (QED) is 0.549. The number of para-hydroxylation sites is 1. The zero-order valence-electron chi connectivity index (χ0n) is 19.5. The standard InChI is InChI=1S/C27H24FN3O5/c1-16-6-8-19(12-21(16)28)31-14-18(11-25(31)32)26(33)30-22-5-3-2-4-20(22)27(34)29-13-17-7-9-23-24(10-17)36-15-35-23/h2-10,12,18H,11,13-15H2,1H3,(H,29,34)(H,30,33)/t18-/m1/s1. The van der Waals surface area contributed by atoms with Crippen molar-refractivity contribution in [2.75, 3.05) is 23.6 Å². The summed E-state index contributed by atoms with van der Waals surface area (Å²) in [4.78, 5) is 39.9. The first-order chi connectivity index (χ1) is 17.4. The van der Waals surface area contributed by atoms with Gasteiger partial charge < -0.3 is 25.0 Å². The molecule has 36 heavy (non-hydrogen) atoms. The topological polar surface area (TPSA) is 97.0 Å². The van der Waals surface area contributed by atoms with E-state index in [1.54, 1.807) is 55.5 Å². The first-order valence-corrected chi connectivity index (χ1v) is 11.5. The van der Waals surface area contributed by atoms with Gasteiger partial charge >= 0.3 is 0 Å². The average Bonchev–Trinajstić information content (AvgIpc) is 3.50. The molecule has 3 aromatic carbocycles. The molecule has 1 saturated heterocycles. The Hall–Kier alpha value is -4.40. The third-order valence-electron chi connectivity index (χ3n) is 6.28. The summed E-state index contributed by atoms with van der Waals surface area (Å²) in [5.41, 5.74) is 2.38. The van der Waals surface area contributed by atoms with Crippen molar-refractivity contribution in [3.63, 3.8) is 0 Å². The maximum absolute atomic E-state index is 14.0. The van der Waals surface area contributed by atoms with E-state index in [-0.39, 0.29) is 44.0 Å². The van der Waals surface area contributed by atoms with Gasteiger partial charge in [-0.15, -0.1) is 0 Å². The largest absolute Gasteiger partial charge is 0.454 e. The molecule has 1 atom stereocenters. The predicted octanol–water partition coefficient (Wildman–Crippen LogP) is 3.78. The summed E-state index contributed by atoms with van der Waals surface area (Å²) in [6.45, 7) is 2.21. The zero-order valence-corrected chi connectivity index (χ0v) is 19.5. The number of carbonyl (C=O) groups excluding carboxylic acids is 3. The van der Waals surface area contributed by atoms with Gasteiger partial charge in [-0.1, -0.05) is 24.3 Å². The van der Waals surface area contributed by atoms with E-state index in [4.69, 9.17) is 9.47 Å². The number of carbonyl (C=O) groups is 3. The minimum absolute atomic E-state index is 0.000192. The van der Waals surface area contributed by atoms with Gasteiger partial charge in [0.25, 0.3) is 5.91 Å². The van der Waals surface area contributed by atoms with Crippen molar-refractivity contribution in [2.45, 2.75) is 19.9 Å². The van der Waals surface area contributed by atoms with Crippen molar-refractivity contribution in [2.24, 2.45) is 5.92 Å². The first-order valence-electron chi connectivity index (χ1n) is 11.5. The number of fused-ring (bicyclic) bond motifs is 1. The fourth-order valence-corrected chi connectivity index (χ4v) is 4.24. The van der Waals surface area contributed by atoms with E-state index in [9.17, 15) is 18.8 Å². The number of hydrogen-bond donors (Lipinski definition) is 2. The normalized spacial score (nSPS) is 16.2. The minimum Gasteiger partial charge on any atom is -0.454 e. The van der Waals surface area contributed by atoms with E-state index < -0.39 is 11.7 Å². The van der Waals surface area contributed by atoms with Gasteiger partial charge in [-0.2, -0.15) is 0 Å². The number of ether oxygens (including phenoxy) is 2. The summed E-state index contributed by atoms with van der Waals surface area (Å²) in [5, 5.41) is 5.64. The van der Waals surface area contributed by atoms with Crippen LogP contribution >= 0.6 is 0 Å². The number of amides is 3. The summed E-state index contributed by atoms with van der Waals surface area (Å²) in [7, 11) is 0. The van der Waals surface area contributed by atoms with Gasteiger partial charge in [-0.05, 0) is 54.4 Å². The number of nitrogens with one attached hydrogen (secondary N) is 2. The van der Waals surface area contributed by atoms with Crippen LogP contribution in [0.1, 0.15) is 27.9 Å². The molecule has 184 valence electrons. The van der Waals surface area contributed by atoms with Gasteiger partial charge in [0.2, 0.25) is 18.6 Å². The summed E-state index contributed by atoms with van der Waals surface area (Å²) >= 11 is 0. The molecule has 8 nitrogen and oxygen atoms in total. The van der Waals surface area contributed by atoms with Crippen LogP contribution in [0.2, 0.25) is 0 Å². The van der Waals surface area contributed by atoms with Gasteiger partial charge in [0.15, 0.2) is 11.5 Å². The highest BCUT2D eigenvalue weighted by molar-refractivity contribution is 6.07. The van der Waals surface area contributed by atoms with Crippen molar-refractivity contribution in [3.8, 4) is 11.5 Å². The number of nitrogens with zero attached hydrogens (tertiary/aromatic N) is 1. The Bertz CT molecular complexity index is 1360. The van der Waals surface area contributed by atoms with E-state index in [1.807, 2.05) is 6.07 Å². The second kappa shape index (κ2) is 9.69. The van der Waals surface area contributed by atoms with Gasteiger partial charge in [0.05, 0.1) is 17.2 Å². The van der Waals surface area contributed by atoms with Gasteiger partial charge in [-0.25, -0.2) is 4.39 Å². The summed E-state index contributed by atoms with van der Waals surface area (Å²) < 4.78 is 24.7. The number of halogens is 1. The molecule has 0 unspecified atom stereocenters. The smallest absolute Gasteiger partial charge is 0.253 e.